The topological polar surface area (TPSA) is 0 Å². The van der Waals surface area contributed by atoms with Crippen molar-refractivity contribution in [1.82, 2.24) is 0 Å². The summed E-state index contributed by atoms with van der Waals surface area (Å²) in [4.78, 5) is 0. The third kappa shape index (κ3) is 2.30. The van der Waals surface area contributed by atoms with Crippen LogP contribution in [0.2, 0.25) is 0 Å². The van der Waals surface area contributed by atoms with Crippen molar-refractivity contribution in [2.75, 3.05) is 0 Å². The maximum Gasteiger partial charge on any atom is 0.192 e. The van der Waals surface area contributed by atoms with Crippen molar-refractivity contribution in [1.29, 1.82) is 0 Å². The molecular weight excluding hydrogens is 179 g/mol. The Hall–Kier alpha value is -1.50. The molecule has 0 saturated heterocycles. The average molecular weight is 195 g/mol. The van der Waals surface area contributed by atoms with E-state index in [1.165, 1.54) is 11.0 Å². The van der Waals surface area contributed by atoms with Gasteiger partial charge in [0.1, 0.15) is 0 Å². The highest BCUT2D eigenvalue weighted by Crippen LogP contribution is 2.29. The number of hydrogen-bond donors (Lipinski definition) is 0. The molecule has 75 valence electrons. The predicted octanol–water partition coefficient (Wildman–Crippen LogP) is 3.74. The molecule has 0 amide bonds. The molecule has 1 aliphatic heterocycles. The molecule has 0 spiro atoms. The van der Waals surface area contributed by atoms with Gasteiger partial charge in [0.15, 0.2) is 7.28 Å². The summed E-state index contributed by atoms with van der Waals surface area (Å²) < 4.78 is 0. The van der Waals surface area contributed by atoms with Gasteiger partial charge in [-0.1, -0.05) is 60.6 Å². The lowest BCUT2D eigenvalue weighted by Crippen LogP contribution is -1.91. The second kappa shape index (κ2) is 5.40. The SMILES string of the molecule is C=CC1=C(C=C)C(/C=C\C)=C(/C=C\C)[B]1. The molecule has 1 aliphatic rings. The number of rotatable bonds is 4. The fourth-order valence-corrected chi connectivity index (χ4v) is 1.70. The van der Waals surface area contributed by atoms with E-state index in [4.69, 9.17) is 0 Å². The summed E-state index contributed by atoms with van der Waals surface area (Å²) in [6.07, 6.45) is 12.1. The summed E-state index contributed by atoms with van der Waals surface area (Å²) in [7, 11) is 2.14. The Morgan fingerprint density at radius 1 is 0.867 bits per heavy atom. The lowest BCUT2D eigenvalue weighted by Gasteiger charge is -2.01. The normalized spacial score (nSPS) is 16.7. The van der Waals surface area contributed by atoms with Gasteiger partial charge in [0.05, 0.1) is 0 Å². The predicted molar refractivity (Wildman–Crippen MR) is 69.8 cm³/mol. The molecule has 15 heavy (non-hydrogen) atoms. The van der Waals surface area contributed by atoms with Crippen LogP contribution in [0.15, 0.2) is 71.7 Å². The van der Waals surface area contributed by atoms with Gasteiger partial charge in [0, 0.05) is 0 Å². The van der Waals surface area contributed by atoms with Crippen LogP contribution < -0.4 is 0 Å². The summed E-state index contributed by atoms with van der Waals surface area (Å²) in [5.41, 5.74) is 4.75. The third-order valence-electron chi connectivity index (χ3n) is 2.33. The van der Waals surface area contributed by atoms with Crippen molar-refractivity contribution in [3.05, 3.63) is 71.7 Å². The largest absolute Gasteiger partial charge is 0.192 e. The van der Waals surface area contributed by atoms with Crippen molar-refractivity contribution >= 4 is 7.28 Å². The summed E-state index contributed by atoms with van der Waals surface area (Å²) in [5.74, 6) is 0. The molecule has 0 fully saturated rings. The Morgan fingerprint density at radius 2 is 1.53 bits per heavy atom. The van der Waals surface area contributed by atoms with Crippen LogP contribution in [0.1, 0.15) is 13.8 Å². The highest BCUT2D eigenvalue weighted by molar-refractivity contribution is 6.58. The fourth-order valence-electron chi connectivity index (χ4n) is 1.70. The van der Waals surface area contributed by atoms with Gasteiger partial charge in [-0.05, 0) is 25.0 Å². The first-order valence-corrected chi connectivity index (χ1v) is 5.12. The minimum atomic E-state index is 1.14. The van der Waals surface area contributed by atoms with Gasteiger partial charge in [0.25, 0.3) is 0 Å². The van der Waals surface area contributed by atoms with Gasteiger partial charge in [-0.15, -0.1) is 0 Å². The maximum absolute atomic E-state index is 3.85. The molecule has 0 N–H and O–H groups in total. The van der Waals surface area contributed by atoms with E-state index in [2.05, 4.69) is 32.6 Å². The molecule has 0 aromatic heterocycles. The maximum atomic E-state index is 3.85. The molecule has 0 unspecified atom stereocenters. The average Bonchev–Trinajstić information content (AvgIpc) is 2.57. The Balaban J connectivity index is 3.24. The molecule has 0 aromatic carbocycles. The standard InChI is InChI=1S/C14H16B/c1-5-9-12-11(7-3)13(8-4)15-14(12)10-6-2/h5-10H,3-4H2,1-2H3/b9-5-,10-6-. The zero-order valence-corrected chi connectivity index (χ0v) is 9.46. The van der Waals surface area contributed by atoms with Crippen LogP contribution in [0.25, 0.3) is 0 Å². The zero-order chi connectivity index (χ0) is 11.3. The minimum absolute atomic E-state index is 1.14. The van der Waals surface area contributed by atoms with Crippen molar-refractivity contribution < 1.29 is 0 Å². The quantitative estimate of drug-likeness (QED) is 0.599. The Labute approximate surface area is 93.3 Å². The molecule has 1 heterocycles. The highest BCUT2D eigenvalue weighted by Gasteiger charge is 2.17. The first-order chi connectivity index (χ1) is 7.28. The van der Waals surface area contributed by atoms with Gasteiger partial charge in [-0.3, -0.25) is 0 Å². The zero-order valence-electron chi connectivity index (χ0n) is 9.46. The number of allylic oxidation sites excluding steroid dienone is 10. The van der Waals surface area contributed by atoms with E-state index in [0.717, 1.165) is 11.0 Å². The van der Waals surface area contributed by atoms with Gasteiger partial charge in [-0.2, -0.15) is 0 Å². The molecule has 1 radical (unpaired) electrons. The molecule has 1 heteroatoms. The van der Waals surface area contributed by atoms with E-state index in [1.54, 1.807) is 0 Å². The third-order valence-corrected chi connectivity index (χ3v) is 2.33. The van der Waals surface area contributed by atoms with Gasteiger partial charge in [0.2, 0.25) is 0 Å². The molecule has 0 bridgehead atoms. The van der Waals surface area contributed by atoms with E-state index >= 15 is 0 Å². The van der Waals surface area contributed by atoms with Gasteiger partial charge in [-0.25, -0.2) is 0 Å². The molecular formula is C14H16B. The second-order valence-electron chi connectivity index (χ2n) is 3.29. The summed E-state index contributed by atoms with van der Waals surface area (Å²) in [6.45, 7) is 11.7. The first kappa shape index (κ1) is 11.6. The van der Waals surface area contributed by atoms with E-state index in [0.29, 0.717) is 0 Å². The molecule has 0 saturated carbocycles. The minimum Gasteiger partial charge on any atom is -0.0996 e. The van der Waals surface area contributed by atoms with Crippen LogP contribution in [0.5, 0.6) is 0 Å². The van der Waals surface area contributed by atoms with Crippen LogP contribution in [0.4, 0.5) is 0 Å². The van der Waals surface area contributed by atoms with E-state index < -0.39 is 0 Å². The van der Waals surface area contributed by atoms with E-state index in [9.17, 15) is 0 Å². The van der Waals surface area contributed by atoms with E-state index in [1.807, 2.05) is 38.2 Å². The summed E-state index contributed by atoms with van der Waals surface area (Å²) >= 11 is 0. The van der Waals surface area contributed by atoms with Crippen molar-refractivity contribution in [3.63, 3.8) is 0 Å². The lowest BCUT2D eigenvalue weighted by atomic mass is 9.65. The van der Waals surface area contributed by atoms with Gasteiger partial charge >= 0.3 is 0 Å². The fraction of sp³-hybridized carbons (Fsp3) is 0.143. The van der Waals surface area contributed by atoms with Gasteiger partial charge < -0.3 is 0 Å². The smallest absolute Gasteiger partial charge is 0.0996 e. The summed E-state index contributed by atoms with van der Waals surface area (Å²) in [6, 6.07) is 0. The van der Waals surface area contributed by atoms with E-state index in [-0.39, 0.29) is 0 Å². The second-order valence-corrected chi connectivity index (χ2v) is 3.29. The van der Waals surface area contributed by atoms with Crippen LogP contribution >= 0.6 is 0 Å². The van der Waals surface area contributed by atoms with Crippen molar-refractivity contribution in [2.45, 2.75) is 13.8 Å². The highest BCUT2D eigenvalue weighted by atomic mass is 14.1. The lowest BCUT2D eigenvalue weighted by molar-refractivity contribution is 1.52. The van der Waals surface area contributed by atoms with Crippen LogP contribution in [0.3, 0.4) is 0 Å². The van der Waals surface area contributed by atoms with Crippen LogP contribution in [0, 0.1) is 0 Å². The Morgan fingerprint density at radius 3 is 2.00 bits per heavy atom. The van der Waals surface area contributed by atoms with Crippen molar-refractivity contribution in [3.8, 4) is 0 Å². The van der Waals surface area contributed by atoms with Crippen molar-refractivity contribution in [2.24, 2.45) is 0 Å². The molecule has 0 aliphatic carbocycles. The molecule has 1 rings (SSSR count). The first-order valence-electron chi connectivity index (χ1n) is 5.12. The number of hydrogen-bond acceptors (Lipinski definition) is 0. The summed E-state index contributed by atoms with van der Waals surface area (Å²) in [5, 5.41) is 0. The Bertz CT molecular complexity index is 390. The van der Waals surface area contributed by atoms with Crippen LogP contribution in [-0.2, 0) is 0 Å². The molecule has 0 nitrogen and oxygen atoms in total. The van der Waals surface area contributed by atoms with Crippen LogP contribution in [-0.4, -0.2) is 7.28 Å². The monoisotopic (exact) mass is 195 g/mol. The molecule has 0 aromatic rings. The Kier molecular flexibility index (Phi) is 4.17. The molecule has 0 atom stereocenters.